The molecule has 1 aliphatic rings. The molecular weight excluding hydrogens is 256 g/mol. The number of hydrogen-bond donors (Lipinski definition) is 3. The molecule has 5 heteroatoms. The second kappa shape index (κ2) is 6.05. The Morgan fingerprint density at radius 3 is 2.95 bits per heavy atom. The Morgan fingerprint density at radius 1 is 1.50 bits per heavy atom. The molecule has 5 nitrogen and oxygen atoms in total. The van der Waals surface area contributed by atoms with Crippen molar-refractivity contribution in [2.24, 2.45) is 0 Å². The van der Waals surface area contributed by atoms with E-state index in [9.17, 15) is 9.59 Å². The smallest absolute Gasteiger partial charge is 0.304 e. The largest absolute Gasteiger partial charge is 0.481 e. The van der Waals surface area contributed by atoms with Gasteiger partial charge in [-0.05, 0) is 44.0 Å². The number of carboxylic acid groups (broad SMARTS) is 1. The molecule has 20 heavy (non-hydrogen) atoms. The summed E-state index contributed by atoms with van der Waals surface area (Å²) in [5, 5.41) is 14.9. The standard InChI is InChI=1S/C15H20N2O3/c1-9-7-12-8-11(3-4-13(12)17-9)15(20)10(2)16-6-5-14(18)19/h3-4,8-10,16-17H,5-7H2,1-2H3,(H,18,19). The van der Waals surface area contributed by atoms with Crippen LogP contribution in [0.5, 0.6) is 0 Å². The quantitative estimate of drug-likeness (QED) is 0.689. The Balaban J connectivity index is 1.99. The number of hydrogen-bond acceptors (Lipinski definition) is 4. The van der Waals surface area contributed by atoms with Gasteiger partial charge in [0.2, 0.25) is 0 Å². The van der Waals surface area contributed by atoms with E-state index in [-0.39, 0.29) is 18.2 Å². The van der Waals surface area contributed by atoms with Crippen molar-refractivity contribution in [1.82, 2.24) is 5.32 Å². The van der Waals surface area contributed by atoms with Gasteiger partial charge in [-0.2, -0.15) is 0 Å². The Morgan fingerprint density at radius 2 is 2.25 bits per heavy atom. The number of carbonyl (C=O) groups excluding carboxylic acids is 1. The van der Waals surface area contributed by atoms with Crippen molar-refractivity contribution < 1.29 is 14.7 Å². The third-order valence-corrected chi connectivity index (χ3v) is 3.50. The zero-order chi connectivity index (χ0) is 14.7. The van der Waals surface area contributed by atoms with Gasteiger partial charge in [-0.25, -0.2) is 0 Å². The molecule has 0 saturated carbocycles. The molecule has 0 amide bonds. The molecule has 0 aromatic heterocycles. The van der Waals surface area contributed by atoms with E-state index in [4.69, 9.17) is 5.11 Å². The zero-order valence-corrected chi connectivity index (χ0v) is 11.8. The van der Waals surface area contributed by atoms with Gasteiger partial charge in [0.25, 0.3) is 0 Å². The minimum absolute atomic E-state index is 0.00209. The van der Waals surface area contributed by atoms with Crippen LogP contribution in [-0.4, -0.2) is 35.5 Å². The summed E-state index contributed by atoms with van der Waals surface area (Å²) in [6.07, 6.45) is 0.945. The monoisotopic (exact) mass is 276 g/mol. The number of carbonyl (C=O) groups is 2. The van der Waals surface area contributed by atoms with Crippen molar-refractivity contribution in [3.05, 3.63) is 29.3 Å². The first-order valence-electron chi connectivity index (χ1n) is 6.86. The molecule has 0 radical (unpaired) electrons. The first-order valence-corrected chi connectivity index (χ1v) is 6.86. The molecule has 0 spiro atoms. The van der Waals surface area contributed by atoms with Gasteiger partial charge in [0.1, 0.15) is 0 Å². The van der Waals surface area contributed by atoms with Crippen molar-refractivity contribution >= 4 is 17.4 Å². The maximum atomic E-state index is 12.3. The summed E-state index contributed by atoms with van der Waals surface area (Å²) in [6, 6.07) is 5.72. The zero-order valence-electron chi connectivity index (χ0n) is 11.8. The number of aliphatic carboxylic acids is 1. The van der Waals surface area contributed by atoms with Crippen LogP contribution in [0.2, 0.25) is 0 Å². The van der Waals surface area contributed by atoms with Gasteiger partial charge in [0.15, 0.2) is 5.78 Å². The fraction of sp³-hybridized carbons (Fsp3) is 0.467. The van der Waals surface area contributed by atoms with Gasteiger partial charge in [0, 0.05) is 23.8 Å². The summed E-state index contributed by atoms with van der Waals surface area (Å²) < 4.78 is 0. The molecule has 2 atom stereocenters. The van der Waals surface area contributed by atoms with E-state index in [1.54, 1.807) is 6.92 Å². The van der Waals surface area contributed by atoms with Crippen LogP contribution in [0.1, 0.15) is 36.2 Å². The van der Waals surface area contributed by atoms with Crippen LogP contribution in [0.4, 0.5) is 5.69 Å². The molecule has 1 aromatic rings. The molecule has 1 aliphatic heterocycles. The first-order chi connectivity index (χ1) is 9.47. The van der Waals surface area contributed by atoms with Gasteiger partial charge in [-0.3, -0.25) is 9.59 Å². The third kappa shape index (κ3) is 3.36. The molecule has 0 fully saturated rings. The van der Waals surface area contributed by atoms with Crippen LogP contribution in [0.15, 0.2) is 18.2 Å². The number of rotatable bonds is 6. The second-order valence-corrected chi connectivity index (χ2v) is 5.31. The van der Waals surface area contributed by atoms with E-state index in [0.29, 0.717) is 18.2 Å². The van der Waals surface area contributed by atoms with Gasteiger partial charge >= 0.3 is 5.97 Å². The molecule has 0 bridgehead atoms. The van der Waals surface area contributed by atoms with E-state index in [2.05, 4.69) is 17.6 Å². The number of Topliss-reactive ketones (excluding diaryl/α,β-unsaturated/α-hetero) is 1. The van der Waals surface area contributed by atoms with Crippen LogP contribution in [0.3, 0.4) is 0 Å². The minimum atomic E-state index is -0.866. The number of carboxylic acids is 1. The average molecular weight is 276 g/mol. The van der Waals surface area contributed by atoms with Crippen LogP contribution in [0, 0.1) is 0 Å². The normalized spacial score (nSPS) is 18.2. The van der Waals surface area contributed by atoms with Crippen molar-refractivity contribution in [3.63, 3.8) is 0 Å². The van der Waals surface area contributed by atoms with Gasteiger partial charge < -0.3 is 15.7 Å². The van der Waals surface area contributed by atoms with Gasteiger partial charge in [-0.1, -0.05) is 0 Å². The van der Waals surface area contributed by atoms with Crippen LogP contribution in [0.25, 0.3) is 0 Å². The van der Waals surface area contributed by atoms with Crippen molar-refractivity contribution in [2.75, 3.05) is 11.9 Å². The SMILES string of the molecule is CC1Cc2cc(C(=O)C(C)NCCC(=O)O)ccc2N1. The molecule has 2 unspecified atom stereocenters. The highest BCUT2D eigenvalue weighted by Gasteiger charge is 2.20. The van der Waals surface area contributed by atoms with Crippen LogP contribution >= 0.6 is 0 Å². The topological polar surface area (TPSA) is 78.4 Å². The summed E-state index contributed by atoms with van der Waals surface area (Å²) in [5.41, 5.74) is 2.94. The van der Waals surface area contributed by atoms with E-state index >= 15 is 0 Å². The van der Waals surface area contributed by atoms with Crippen LogP contribution in [-0.2, 0) is 11.2 Å². The lowest BCUT2D eigenvalue weighted by Crippen LogP contribution is -2.35. The number of benzene rings is 1. The lowest BCUT2D eigenvalue weighted by molar-refractivity contribution is -0.136. The van der Waals surface area contributed by atoms with Crippen molar-refractivity contribution in [1.29, 1.82) is 0 Å². The fourth-order valence-corrected chi connectivity index (χ4v) is 2.44. The minimum Gasteiger partial charge on any atom is -0.481 e. The summed E-state index contributed by atoms with van der Waals surface area (Å²) in [5.74, 6) is -0.868. The van der Waals surface area contributed by atoms with Gasteiger partial charge in [0.05, 0.1) is 12.5 Å². The summed E-state index contributed by atoms with van der Waals surface area (Å²) in [6.45, 7) is 4.17. The molecule has 1 heterocycles. The van der Waals surface area contributed by atoms with Crippen molar-refractivity contribution in [3.8, 4) is 0 Å². The highest BCUT2D eigenvalue weighted by atomic mass is 16.4. The highest BCUT2D eigenvalue weighted by Crippen LogP contribution is 2.26. The van der Waals surface area contributed by atoms with Gasteiger partial charge in [-0.15, -0.1) is 0 Å². The Hall–Kier alpha value is -1.88. The third-order valence-electron chi connectivity index (χ3n) is 3.50. The second-order valence-electron chi connectivity index (χ2n) is 5.31. The molecule has 108 valence electrons. The predicted octanol–water partition coefficient (Wildman–Crippen LogP) is 1.68. The Kier molecular flexibility index (Phi) is 4.39. The number of anilines is 1. The lowest BCUT2D eigenvalue weighted by Gasteiger charge is -2.12. The Labute approximate surface area is 118 Å². The lowest BCUT2D eigenvalue weighted by atomic mass is 10.0. The van der Waals surface area contributed by atoms with E-state index in [1.807, 2.05) is 18.2 Å². The fourth-order valence-electron chi connectivity index (χ4n) is 2.44. The van der Waals surface area contributed by atoms with Crippen LogP contribution < -0.4 is 10.6 Å². The highest BCUT2D eigenvalue weighted by molar-refractivity contribution is 6.00. The summed E-state index contributed by atoms with van der Waals surface area (Å²) in [4.78, 5) is 22.7. The molecule has 3 N–H and O–H groups in total. The van der Waals surface area contributed by atoms with E-state index in [1.165, 1.54) is 5.56 Å². The summed E-state index contributed by atoms with van der Waals surface area (Å²) >= 11 is 0. The molecular formula is C15H20N2O3. The number of nitrogens with one attached hydrogen (secondary N) is 2. The molecule has 2 rings (SSSR count). The maximum Gasteiger partial charge on any atom is 0.304 e. The molecule has 0 aliphatic carbocycles. The number of ketones is 1. The number of fused-ring (bicyclic) bond motifs is 1. The first kappa shape index (κ1) is 14.5. The molecule has 0 saturated heterocycles. The van der Waals surface area contributed by atoms with E-state index in [0.717, 1.165) is 12.1 Å². The Bertz CT molecular complexity index is 528. The van der Waals surface area contributed by atoms with E-state index < -0.39 is 5.97 Å². The summed E-state index contributed by atoms with van der Waals surface area (Å²) in [7, 11) is 0. The predicted molar refractivity (Wildman–Crippen MR) is 77.3 cm³/mol. The maximum absolute atomic E-state index is 12.3. The molecule has 1 aromatic carbocycles. The average Bonchev–Trinajstić information content (AvgIpc) is 2.76. The van der Waals surface area contributed by atoms with Crippen molar-refractivity contribution in [2.45, 2.75) is 38.8 Å².